The number of ether oxygens (including phenoxy) is 1. The van der Waals surface area contributed by atoms with E-state index in [0.29, 0.717) is 13.1 Å². The van der Waals surface area contributed by atoms with Gasteiger partial charge in [-0.3, -0.25) is 9.69 Å². The Labute approximate surface area is 140 Å². The lowest BCUT2D eigenvalue weighted by atomic mass is 10.0. The summed E-state index contributed by atoms with van der Waals surface area (Å²) < 4.78 is 5.48. The topological polar surface area (TPSA) is 53.6 Å². The molecular formula is C14H29Cl2N3O2. The third-order valence-electron chi connectivity index (χ3n) is 3.94. The molecule has 0 unspecified atom stereocenters. The van der Waals surface area contributed by atoms with Gasteiger partial charge in [-0.15, -0.1) is 24.8 Å². The summed E-state index contributed by atoms with van der Waals surface area (Å²) in [5.74, 6) is 0.925. The van der Waals surface area contributed by atoms with Crippen LogP contribution in [0.2, 0.25) is 0 Å². The molecule has 2 fully saturated rings. The minimum absolute atomic E-state index is 0. The molecule has 0 bridgehead atoms. The minimum atomic E-state index is 0. The summed E-state index contributed by atoms with van der Waals surface area (Å²) in [6, 6.07) is 0. The Balaban J connectivity index is 0.00000200. The van der Waals surface area contributed by atoms with Gasteiger partial charge < -0.3 is 15.4 Å². The van der Waals surface area contributed by atoms with Gasteiger partial charge >= 0.3 is 0 Å². The van der Waals surface area contributed by atoms with Crippen molar-refractivity contribution in [3.05, 3.63) is 0 Å². The van der Waals surface area contributed by atoms with Crippen molar-refractivity contribution in [2.75, 3.05) is 45.9 Å². The summed E-state index contributed by atoms with van der Waals surface area (Å²) in [6.07, 6.45) is 2.64. The minimum Gasteiger partial charge on any atom is -0.378 e. The van der Waals surface area contributed by atoms with E-state index in [-0.39, 0.29) is 36.3 Å². The molecule has 0 spiro atoms. The van der Waals surface area contributed by atoms with Gasteiger partial charge in [0.15, 0.2) is 0 Å². The van der Waals surface area contributed by atoms with Gasteiger partial charge in [-0.05, 0) is 39.2 Å². The van der Waals surface area contributed by atoms with Gasteiger partial charge in [0, 0.05) is 25.2 Å². The quantitative estimate of drug-likeness (QED) is 0.726. The number of nitrogens with zero attached hydrogens (tertiary/aromatic N) is 1. The predicted octanol–water partition coefficient (Wildman–Crippen LogP) is 1.06. The number of carbonyl (C=O) groups is 1. The molecule has 0 atom stereocenters. The SMILES string of the molecule is CC1(C)COCCN1CCNC(=O)CNCC1CC1.Cl.Cl. The Morgan fingerprint density at radius 2 is 2.05 bits per heavy atom. The van der Waals surface area contributed by atoms with Crippen molar-refractivity contribution in [2.24, 2.45) is 5.92 Å². The Morgan fingerprint density at radius 3 is 2.67 bits per heavy atom. The standard InChI is InChI=1S/C14H27N3O2.2ClH/c1-14(2)11-19-8-7-17(14)6-5-16-13(18)10-15-9-12-3-4-12;;/h12,15H,3-11H2,1-2H3,(H,16,18);2*1H. The molecule has 0 aromatic rings. The fourth-order valence-corrected chi connectivity index (χ4v) is 2.41. The van der Waals surface area contributed by atoms with E-state index in [4.69, 9.17) is 4.74 Å². The van der Waals surface area contributed by atoms with Crippen LogP contribution in [-0.4, -0.2) is 62.3 Å². The molecule has 0 aromatic carbocycles. The lowest BCUT2D eigenvalue weighted by molar-refractivity contribution is -0.120. The number of amides is 1. The van der Waals surface area contributed by atoms with E-state index in [2.05, 4.69) is 29.4 Å². The van der Waals surface area contributed by atoms with Crippen LogP contribution >= 0.6 is 24.8 Å². The fourth-order valence-electron chi connectivity index (χ4n) is 2.41. The van der Waals surface area contributed by atoms with Crippen molar-refractivity contribution in [3.63, 3.8) is 0 Å². The Kier molecular flexibility index (Phi) is 9.81. The lowest BCUT2D eigenvalue weighted by Gasteiger charge is -2.42. The summed E-state index contributed by atoms with van der Waals surface area (Å²) in [5.41, 5.74) is 0.0766. The molecule has 21 heavy (non-hydrogen) atoms. The average Bonchev–Trinajstić information content (AvgIpc) is 3.15. The highest BCUT2D eigenvalue weighted by atomic mass is 35.5. The molecule has 1 saturated carbocycles. The van der Waals surface area contributed by atoms with E-state index < -0.39 is 0 Å². The number of rotatable bonds is 7. The third-order valence-corrected chi connectivity index (χ3v) is 3.94. The Hall–Kier alpha value is -0.0700. The lowest BCUT2D eigenvalue weighted by Crippen LogP contribution is -2.55. The summed E-state index contributed by atoms with van der Waals surface area (Å²) in [6.45, 7) is 9.92. The molecule has 1 saturated heterocycles. The maximum absolute atomic E-state index is 11.6. The number of carbonyl (C=O) groups excluding carboxylic acids is 1. The zero-order valence-electron chi connectivity index (χ0n) is 13.0. The van der Waals surface area contributed by atoms with Crippen LogP contribution in [0.1, 0.15) is 26.7 Å². The maximum Gasteiger partial charge on any atom is 0.234 e. The van der Waals surface area contributed by atoms with Crippen LogP contribution in [0.25, 0.3) is 0 Å². The zero-order valence-corrected chi connectivity index (χ0v) is 14.7. The van der Waals surface area contributed by atoms with Crippen molar-refractivity contribution >= 4 is 30.7 Å². The highest BCUT2D eigenvalue weighted by Gasteiger charge is 2.29. The van der Waals surface area contributed by atoms with Crippen molar-refractivity contribution < 1.29 is 9.53 Å². The van der Waals surface area contributed by atoms with E-state index in [1.165, 1.54) is 12.8 Å². The molecule has 2 aliphatic rings. The first-order valence-corrected chi connectivity index (χ1v) is 7.38. The van der Waals surface area contributed by atoms with Crippen molar-refractivity contribution in [2.45, 2.75) is 32.2 Å². The number of nitrogens with one attached hydrogen (secondary N) is 2. The number of hydrogen-bond acceptors (Lipinski definition) is 4. The predicted molar refractivity (Wildman–Crippen MR) is 89.6 cm³/mol. The first-order chi connectivity index (χ1) is 9.08. The molecular weight excluding hydrogens is 313 g/mol. The summed E-state index contributed by atoms with van der Waals surface area (Å²) in [5, 5.41) is 6.18. The van der Waals surface area contributed by atoms with Crippen molar-refractivity contribution in [1.29, 1.82) is 0 Å². The molecule has 126 valence electrons. The van der Waals surface area contributed by atoms with E-state index >= 15 is 0 Å². The molecule has 1 heterocycles. The van der Waals surface area contributed by atoms with Crippen LogP contribution in [0.5, 0.6) is 0 Å². The van der Waals surface area contributed by atoms with Crippen LogP contribution in [0.3, 0.4) is 0 Å². The second kappa shape index (κ2) is 9.85. The van der Waals surface area contributed by atoms with Crippen LogP contribution in [0, 0.1) is 5.92 Å². The van der Waals surface area contributed by atoms with Crippen LogP contribution in [-0.2, 0) is 9.53 Å². The molecule has 1 aliphatic heterocycles. The molecule has 2 N–H and O–H groups in total. The molecule has 7 heteroatoms. The van der Waals surface area contributed by atoms with E-state index in [1.54, 1.807) is 0 Å². The van der Waals surface area contributed by atoms with Gasteiger partial charge in [-0.25, -0.2) is 0 Å². The Bertz CT molecular complexity index is 313. The van der Waals surface area contributed by atoms with E-state index in [0.717, 1.165) is 38.8 Å². The summed E-state index contributed by atoms with van der Waals surface area (Å²) in [4.78, 5) is 14.0. The van der Waals surface area contributed by atoms with Gasteiger partial charge in [-0.1, -0.05) is 0 Å². The highest BCUT2D eigenvalue weighted by Crippen LogP contribution is 2.27. The fraction of sp³-hybridized carbons (Fsp3) is 0.929. The first kappa shape index (κ1) is 20.9. The molecule has 1 aliphatic carbocycles. The normalized spacial score (nSPS) is 21.0. The van der Waals surface area contributed by atoms with Gasteiger partial charge in [-0.2, -0.15) is 0 Å². The van der Waals surface area contributed by atoms with Crippen LogP contribution < -0.4 is 10.6 Å². The molecule has 0 radical (unpaired) electrons. The maximum atomic E-state index is 11.6. The van der Waals surface area contributed by atoms with Crippen LogP contribution in [0.4, 0.5) is 0 Å². The van der Waals surface area contributed by atoms with Gasteiger partial charge in [0.2, 0.25) is 5.91 Å². The van der Waals surface area contributed by atoms with Crippen molar-refractivity contribution in [3.8, 4) is 0 Å². The molecule has 1 amide bonds. The summed E-state index contributed by atoms with van der Waals surface area (Å²) >= 11 is 0. The van der Waals surface area contributed by atoms with E-state index in [1.807, 2.05) is 0 Å². The largest absolute Gasteiger partial charge is 0.378 e. The Morgan fingerprint density at radius 1 is 1.33 bits per heavy atom. The highest BCUT2D eigenvalue weighted by molar-refractivity contribution is 5.85. The van der Waals surface area contributed by atoms with Gasteiger partial charge in [0.1, 0.15) is 0 Å². The number of halogens is 2. The second-order valence-electron chi connectivity index (χ2n) is 6.28. The second-order valence-corrected chi connectivity index (χ2v) is 6.28. The third kappa shape index (κ3) is 7.66. The van der Waals surface area contributed by atoms with E-state index in [9.17, 15) is 4.79 Å². The molecule has 2 rings (SSSR count). The number of hydrogen-bond donors (Lipinski definition) is 2. The van der Waals surface area contributed by atoms with Gasteiger partial charge in [0.05, 0.1) is 19.8 Å². The zero-order chi connectivity index (χ0) is 13.7. The first-order valence-electron chi connectivity index (χ1n) is 7.38. The molecule has 5 nitrogen and oxygen atoms in total. The molecule has 0 aromatic heterocycles. The van der Waals surface area contributed by atoms with Crippen LogP contribution in [0.15, 0.2) is 0 Å². The van der Waals surface area contributed by atoms with Gasteiger partial charge in [0.25, 0.3) is 0 Å². The number of morpholine rings is 1. The monoisotopic (exact) mass is 341 g/mol. The summed E-state index contributed by atoms with van der Waals surface area (Å²) in [7, 11) is 0. The smallest absolute Gasteiger partial charge is 0.234 e. The average molecular weight is 342 g/mol. The van der Waals surface area contributed by atoms with Crippen molar-refractivity contribution in [1.82, 2.24) is 15.5 Å².